The van der Waals surface area contributed by atoms with E-state index in [1.54, 1.807) is 25.1 Å². The molecule has 0 radical (unpaired) electrons. The smallest absolute Gasteiger partial charge is 0.176 e. The molecule has 0 spiro atoms. The quantitative estimate of drug-likeness (QED) is 0.382. The van der Waals surface area contributed by atoms with Gasteiger partial charge in [0.1, 0.15) is 24.2 Å². The van der Waals surface area contributed by atoms with Gasteiger partial charge in [0, 0.05) is 30.0 Å². The zero-order valence-electron chi connectivity index (χ0n) is 22.6. The summed E-state index contributed by atoms with van der Waals surface area (Å²) in [6.07, 6.45) is 1.66. The van der Waals surface area contributed by atoms with E-state index in [-0.39, 0.29) is 16.2 Å². The van der Waals surface area contributed by atoms with E-state index in [0.29, 0.717) is 35.3 Å². The Morgan fingerprint density at radius 2 is 1.85 bits per heavy atom. The zero-order valence-corrected chi connectivity index (χ0v) is 23.5. The number of likely N-dealkylation sites (tertiary alicyclic amines) is 1. The second-order valence-corrected chi connectivity index (χ2v) is 12.7. The van der Waals surface area contributed by atoms with Crippen LogP contribution in [0.15, 0.2) is 65.6 Å². The van der Waals surface area contributed by atoms with Crippen LogP contribution in [0.4, 0.5) is 4.39 Å². The van der Waals surface area contributed by atoms with Gasteiger partial charge in [0.2, 0.25) is 0 Å². The van der Waals surface area contributed by atoms with E-state index in [0.717, 1.165) is 30.7 Å². The third-order valence-electron chi connectivity index (χ3n) is 7.70. The van der Waals surface area contributed by atoms with E-state index < -0.39 is 27.5 Å². The van der Waals surface area contributed by atoms with Gasteiger partial charge in [0.05, 0.1) is 10.5 Å². The molecular formula is C31H34FNO5S. The Morgan fingerprint density at radius 1 is 1.13 bits per heavy atom. The van der Waals surface area contributed by atoms with E-state index in [4.69, 9.17) is 9.47 Å². The Kier molecular flexibility index (Phi) is 7.44. The number of hydrogen-bond donors (Lipinski definition) is 1. The molecule has 0 bridgehead atoms. The summed E-state index contributed by atoms with van der Waals surface area (Å²) in [6, 6.07) is 17.3. The Morgan fingerprint density at radius 3 is 2.51 bits per heavy atom. The van der Waals surface area contributed by atoms with Crippen LogP contribution >= 0.6 is 0 Å². The van der Waals surface area contributed by atoms with Crippen LogP contribution in [0.1, 0.15) is 50.0 Å². The van der Waals surface area contributed by atoms with Crippen LogP contribution in [0.5, 0.6) is 17.2 Å². The van der Waals surface area contributed by atoms with Crippen molar-refractivity contribution in [2.45, 2.75) is 44.2 Å². The van der Waals surface area contributed by atoms with Crippen molar-refractivity contribution in [2.24, 2.45) is 5.92 Å². The minimum atomic E-state index is -3.60. The Hall–Kier alpha value is -3.36. The highest BCUT2D eigenvalue weighted by molar-refractivity contribution is 7.90. The third kappa shape index (κ3) is 5.40. The summed E-state index contributed by atoms with van der Waals surface area (Å²) < 4.78 is 52.9. The number of fused-ring (bicyclic) bond motifs is 1. The molecule has 206 valence electrons. The van der Waals surface area contributed by atoms with Crippen LogP contribution in [0.2, 0.25) is 0 Å². The number of phenols is 1. The van der Waals surface area contributed by atoms with Crippen molar-refractivity contribution in [3.8, 4) is 17.2 Å². The maximum absolute atomic E-state index is 15.1. The number of aromatic hydroxyl groups is 1. The van der Waals surface area contributed by atoms with Crippen molar-refractivity contribution < 1.29 is 27.4 Å². The number of phenolic OH excluding ortho intramolecular Hbond substituents is 1. The molecule has 0 aliphatic carbocycles. The normalized spacial score (nSPS) is 20.4. The van der Waals surface area contributed by atoms with Crippen molar-refractivity contribution in [2.75, 3.05) is 26.0 Å². The molecule has 8 heteroatoms. The minimum absolute atomic E-state index is 0.120. The van der Waals surface area contributed by atoms with Crippen LogP contribution < -0.4 is 9.47 Å². The highest BCUT2D eigenvalue weighted by Crippen LogP contribution is 2.49. The summed E-state index contributed by atoms with van der Waals surface area (Å²) >= 11 is 0. The first kappa shape index (κ1) is 27.2. The maximum Gasteiger partial charge on any atom is 0.176 e. The number of rotatable bonds is 7. The molecule has 1 N–H and O–H groups in total. The average molecular weight is 552 g/mol. The lowest BCUT2D eigenvalue weighted by Crippen LogP contribution is -2.35. The van der Waals surface area contributed by atoms with Crippen LogP contribution in [0, 0.1) is 11.7 Å². The van der Waals surface area contributed by atoms with Gasteiger partial charge in [-0.1, -0.05) is 37.3 Å². The molecule has 6 nitrogen and oxygen atoms in total. The number of benzene rings is 3. The van der Waals surface area contributed by atoms with Gasteiger partial charge in [-0.05, 0) is 74.2 Å². The van der Waals surface area contributed by atoms with Gasteiger partial charge in [0.15, 0.2) is 21.4 Å². The number of hydrogen-bond acceptors (Lipinski definition) is 6. The zero-order chi connectivity index (χ0) is 27.9. The summed E-state index contributed by atoms with van der Waals surface area (Å²) in [7, 11) is -3.60. The van der Waals surface area contributed by atoms with Crippen molar-refractivity contribution >= 4 is 21.0 Å². The highest BCUT2D eigenvalue weighted by Gasteiger charge is 2.34. The first-order chi connectivity index (χ1) is 18.5. The number of nitrogens with zero attached hydrogens (tertiary/aromatic N) is 1. The van der Waals surface area contributed by atoms with Crippen molar-refractivity contribution in [3.05, 3.63) is 83.2 Å². The fourth-order valence-electron chi connectivity index (χ4n) is 5.53. The standard InChI is InChI=1S/C31H34FNO5S/c1-19-15-16-33(17-19)20(2)18-37-23-11-9-22(10-12-23)31-28(24-7-5-6-8-27(24)39(4,35)36)21(3)29-26(38-31)14-13-25(34)30(29)32/h5-14,19-20,31,34H,15-18H2,1-4H3. The minimum Gasteiger partial charge on any atom is -0.505 e. The van der Waals surface area contributed by atoms with Gasteiger partial charge >= 0.3 is 0 Å². The Bertz CT molecular complexity index is 1520. The molecule has 39 heavy (non-hydrogen) atoms. The largest absolute Gasteiger partial charge is 0.505 e. The van der Waals surface area contributed by atoms with Gasteiger partial charge in [-0.15, -0.1) is 0 Å². The van der Waals surface area contributed by atoms with Crippen molar-refractivity contribution in [1.82, 2.24) is 4.90 Å². The van der Waals surface area contributed by atoms with Crippen LogP contribution in [-0.2, 0) is 9.84 Å². The molecule has 0 saturated carbocycles. The van der Waals surface area contributed by atoms with Gasteiger partial charge in [-0.2, -0.15) is 0 Å². The molecule has 1 saturated heterocycles. The topological polar surface area (TPSA) is 76.1 Å². The molecule has 0 amide bonds. The van der Waals surface area contributed by atoms with Crippen molar-refractivity contribution in [3.63, 3.8) is 0 Å². The van der Waals surface area contributed by atoms with Gasteiger partial charge < -0.3 is 14.6 Å². The molecule has 5 rings (SSSR count). The van der Waals surface area contributed by atoms with Crippen molar-refractivity contribution in [1.29, 1.82) is 0 Å². The molecule has 3 atom stereocenters. The molecular weight excluding hydrogens is 517 g/mol. The predicted octanol–water partition coefficient (Wildman–Crippen LogP) is 6.11. The second kappa shape index (κ2) is 10.7. The van der Waals surface area contributed by atoms with Gasteiger partial charge in [0.25, 0.3) is 0 Å². The number of sulfone groups is 1. The second-order valence-electron chi connectivity index (χ2n) is 10.7. The van der Waals surface area contributed by atoms with Crippen LogP contribution in [-0.4, -0.2) is 50.4 Å². The average Bonchev–Trinajstić information content (AvgIpc) is 3.35. The van der Waals surface area contributed by atoms with E-state index in [1.807, 2.05) is 24.3 Å². The highest BCUT2D eigenvalue weighted by atomic mass is 32.2. The van der Waals surface area contributed by atoms with E-state index in [9.17, 15) is 13.5 Å². The third-order valence-corrected chi connectivity index (χ3v) is 8.85. The van der Waals surface area contributed by atoms with Crippen LogP contribution in [0.3, 0.4) is 0 Å². The molecule has 2 heterocycles. The first-order valence-electron chi connectivity index (χ1n) is 13.2. The summed E-state index contributed by atoms with van der Waals surface area (Å²) in [5.74, 6) is 0.419. The number of allylic oxidation sites excluding steroid dienone is 1. The SMILES string of the molecule is CC1=C(c2ccccc2S(C)(=O)=O)C(c2ccc(OCC(C)N3CCC(C)C3)cc2)Oc2ccc(O)c(F)c21. The predicted molar refractivity (Wildman–Crippen MR) is 150 cm³/mol. The maximum atomic E-state index is 15.1. The van der Waals surface area contributed by atoms with E-state index in [1.165, 1.54) is 24.6 Å². The fraction of sp³-hybridized carbons (Fsp3) is 0.355. The molecule has 3 unspecified atom stereocenters. The van der Waals surface area contributed by atoms with Gasteiger partial charge in [-0.25, -0.2) is 12.8 Å². The van der Waals surface area contributed by atoms with E-state index >= 15 is 4.39 Å². The summed E-state index contributed by atoms with van der Waals surface area (Å²) in [6.45, 7) is 8.93. The first-order valence-corrected chi connectivity index (χ1v) is 15.1. The molecule has 2 aliphatic heterocycles. The molecule has 2 aliphatic rings. The molecule has 0 aromatic heterocycles. The van der Waals surface area contributed by atoms with Gasteiger partial charge in [-0.3, -0.25) is 4.90 Å². The Labute approximate surface area is 229 Å². The number of halogens is 1. The molecule has 3 aromatic rings. The van der Waals surface area contributed by atoms with E-state index in [2.05, 4.69) is 18.7 Å². The fourth-order valence-corrected chi connectivity index (χ4v) is 6.44. The van der Waals surface area contributed by atoms with Crippen LogP contribution in [0.25, 0.3) is 11.1 Å². The molecule has 1 fully saturated rings. The Balaban J connectivity index is 1.51. The lowest BCUT2D eigenvalue weighted by atomic mass is 9.86. The lowest BCUT2D eigenvalue weighted by Gasteiger charge is -2.32. The number of ether oxygens (including phenoxy) is 2. The summed E-state index contributed by atoms with van der Waals surface area (Å²) in [5.41, 5.74) is 2.35. The monoisotopic (exact) mass is 551 g/mol. The summed E-state index contributed by atoms with van der Waals surface area (Å²) in [5, 5.41) is 10.1. The lowest BCUT2D eigenvalue weighted by molar-refractivity contribution is 0.169. The summed E-state index contributed by atoms with van der Waals surface area (Å²) in [4.78, 5) is 2.57. The molecule has 3 aromatic carbocycles.